The van der Waals surface area contributed by atoms with Gasteiger partial charge >= 0.3 is 5.97 Å². The van der Waals surface area contributed by atoms with Gasteiger partial charge in [0.15, 0.2) is 0 Å². The van der Waals surface area contributed by atoms with E-state index >= 15 is 0 Å². The first-order chi connectivity index (χ1) is 14.4. The van der Waals surface area contributed by atoms with Gasteiger partial charge in [-0.05, 0) is 67.5 Å². The van der Waals surface area contributed by atoms with Crippen molar-refractivity contribution in [3.05, 3.63) is 59.9 Å². The zero-order valence-electron chi connectivity index (χ0n) is 17.3. The first-order valence-electron chi connectivity index (χ1n) is 10.2. The second kappa shape index (κ2) is 12.3. The number of hydrogen-bond acceptors (Lipinski definition) is 5. The number of aryl methyl sites for hydroxylation is 1. The molecule has 2 aromatic rings. The Balaban J connectivity index is 1.78. The van der Waals surface area contributed by atoms with Crippen LogP contribution in [0.1, 0.15) is 43.7 Å². The van der Waals surface area contributed by atoms with Crippen molar-refractivity contribution < 1.29 is 23.1 Å². The van der Waals surface area contributed by atoms with Crippen molar-refractivity contribution in [1.82, 2.24) is 9.71 Å². The van der Waals surface area contributed by atoms with Gasteiger partial charge in [-0.2, -0.15) is 0 Å². The average molecular weight is 435 g/mol. The van der Waals surface area contributed by atoms with E-state index < -0.39 is 22.0 Å². The van der Waals surface area contributed by atoms with Gasteiger partial charge in [0.2, 0.25) is 10.0 Å². The SMILES string of the molecule is CCCCS(=O)(=O)N[C@@H](Cc1ccc(OCCCCc2ccncc2)cc1)C(=O)O. The van der Waals surface area contributed by atoms with Gasteiger partial charge in [0, 0.05) is 12.4 Å². The number of aliphatic carboxylic acids is 1. The number of aromatic nitrogens is 1. The summed E-state index contributed by atoms with van der Waals surface area (Å²) in [5.41, 5.74) is 1.98. The molecule has 0 saturated carbocycles. The van der Waals surface area contributed by atoms with E-state index in [-0.39, 0.29) is 12.2 Å². The van der Waals surface area contributed by atoms with Crippen LogP contribution in [0.25, 0.3) is 0 Å². The van der Waals surface area contributed by atoms with Crippen molar-refractivity contribution in [3.8, 4) is 5.75 Å². The molecule has 0 fully saturated rings. The van der Waals surface area contributed by atoms with E-state index in [1.807, 2.05) is 19.1 Å². The van der Waals surface area contributed by atoms with E-state index in [0.29, 0.717) is 18.8 Å². The highest BCUT2D eigenvalue weighted by molar-refractivity contribution is 7.89. The minimum atomic E-state index is -3.61. The van der Waals surface area contributed by atoms with Crippen LogP contribution < -0.4 is 9.46 Å². The Kier molecular flexibility index (Phi) is 9.76. The summed E-state index contributed by atoms with van der Waals surface area (Å²) in [7, 11) is -3.61. The molecule has 2 N–H and O–H groups in total. The maximum Gasteiger partial charge on any atom is 0.322 e. The second-order valence-electron chi connectivity index (χ2n) is 7.19. The Morgan fingerprint density at radius 3 is 2.40 bits per heavy atom. The minimum Gasteiger partial charge on any atom is -0.494 e. The highest BCUT2D eigenvalue weighted by Gasteiger charge is 2.24. The standard InChI is InChI=1S/C22H30N2O5S/c1-2-3-16-30(27,28)24-21(22(25)26)17-19-7-9-20(10-8-19)29-15-5-4-6-18-11-13-23-14-12-18/h7-14,21,24H,2-6,15-17H2,1H3,(H,25,26)/t21-/m0/s1. The summed E-state index contributed by atoms with van der Waals surface area (Å²) in [6.45, 7) is 2.48. The van der Waals surface area contributed by atoms with Gasteiger partial charge in [0.1, 0.15) is 11.8 Å². The van der Waals surface area contributed by atoms with E-state index in [4.69, 9.17) is 4.74 Å². The third-order valence-electron chi connectivity index (χ3n) is 4.63. The summed E-state index contributed by atoms with van der Waals surface area (Å²) in [5, 5.41) is 9.37. The van der Waals surface area contributed by atoms with Gasteiger partial charge in [-0.3, -0.25) is 9.78 Å². The van der Waals surface area contributed by atoms with Crippen molar-refractivity contribution in [2.75, 3.05) is 12.4 Å². The molecule has 0 amide bonds. The largest absolute Gasteiger partial charge is 0.494 e. The zero-order valence-corrected chi connectivity index (χ0v) is 18.1. The number of carboxylic acid groups (broad SMARTS) is 1. The normalized spacial score (nSPS) is 12.4. The molecule has 2 rings (SSSR count). The Hall–Kier alpha value is -2.45. The first kappa shape index (κ1) is 23.8. The molecule has 8 heteroatoms. The molecule has 0 spiro atoms. The predicted octanol–water partition coefficient (Wildman–Crippen LogP) is 3.20. The van der Waals surface area contributed by atoms with Gasteiger partial charge in [0.05, 0.1) is 12.4 Å². The number of ether oxygens (including phenoxy) is 1. The molecular weight excluding hydrogens is 404 g/mol. The molecule has 164 valence electrons. The third-order valence-corrected chi connectivity index (χ3v) is 6.10. The Morgan fingerprint density at radius 2 is 1.77 bits per heavy atom. The highest BCUT2D eigenvalue weighted by Crippen LogP contribution is 2.15. The van der Waals surface area contributed by atoms with Crippen LogP contribution in [0.5, 0.6) is 5.75 Å². The molecule has 7 nitrogen and oxygen atoms in total. The van der Waals surface area contributed by atoms with Gasteiger partial charge in [-0.1, -0.05) is 25.5 Å². The smallest absolute Gasteiger partial charge is 0.322 e. The van der Waals surface area contributed by atoms with Crippen LogP contribution in [0.2, 0.25) is 0 Å². The predicted molar refractivity (Wildman–Crippen MR) is 116 cm³/mol. The van der Waals surface area contributed by atoms with Crippen molar-refractivity contribution in [1.29, 1.82) is 0 Å². The number of sulfonamides is 1. The average Bonchev–Trinajstić information content (AvgIpc) is 2.73. The summed E-state index contributed by atoms with van der Waals surface area (Å²) in [5.74, 6) is -0.552. The van der Waals surface area contributed by atoms with E-state index in [1.54, 1.807) is 36.7 Å². The van der Waals surface area contributed by atoms with E-state index in [9.17, 15) is 18.3 Å². The number of carboxylic acids is 1. The number of unbranched alkanes of at least 4 members (excludes halogenated alkanes) is 2. The fourth-order valence-corrected chi connectivity index (χ4v) is 4.32. The molecule has 0 bridgehead atoms. The van der Waals surface area contributed by atoms with Gasteiger partial charge in [-0.25, -0.2) is 13.1 Å². The number of pyridine rings is 1. The van der Waals surface area contributed by atoms with Crippen molar-refractivity contribution in [2.24, 2.45) is 0 Å². The van der Waals surface area contributed by atoms with Crippen LogP contribution in [-0.2, 0) is 27.7 Å². The number of rotatable bonds is 14. The van der Waals surface area contributed by atoms with Crippen LogP contribution in [0, 0.1) is 0 Å². The van der Waals surface area contributed by atoms with E-state index in [1.165, 1.54) is 5.56 Å². The lowest BCUT2D eigenvalue weighted by atomic mass is 10.1. The van der Waals surface area contributed by atoms with Gasteiger partial charge in [-0.15, -0.1) is 0 Å². The number of carbonyl (C=O) groups is 1. The molecule has 0 aliphatic rings. The van der Waals surface area contributed by atoms with Gasteiger partial charge in [0.25, 0.3) is 0 Å². The van der Waals surface area contributed by atoms with Crippen LogP contribution >= 0.6 is 0 Å². The summed E-state index contributed by atoms with van der Waals surface area (Å²) < 4.78 is 32.1. The lowest BCUT2D eigenvalue weighted by Gasteiger charge is -2.15. The zero-order chi connectivity index (χ0) is 21.8. The van der Waals surface area contributed by atoms with Crippen LogP contribution in [0.3, 0.4) is 0 Å². The number of nitrogens with zero attached hydrogens (tertiary/aromatic N) is 1. The van der Waals surface area contributed by atoms with Gasteiger partial charge < -0.3 is 9.84 Å². The fraction of sp³-hybridized carbons (Fsp3) is 0.455. The highest BCUT2D eigenvalue weighted by atomic mass is 32.2. The molecular formula is C22H30N2O5S. The summed E-state index contributed by atoms with van der Waals surface area (Å²) in [6, 6.07) is 9.92. The quantitative estimate of drug-likeness (QED) is 0.442. The summed E-state index contributed by atoms with van der Waals surface area (Å²) in [6.07, 6.45) is 7.80. The summed E-state index contributed by atoms with van der Waals surface area (Å²) >= 11 is 0. The fourth-order valence-electron chi connectivity index (χ4n) is 2.92. The second-order valence-corrected chi connectivity index (χ2v) is 9.06. The maximum atomic E-state index is 12.0. The summed E-state index contributed by atoms with van der Waals surface area (Å²) in [4.78, 5) is 15.5. The van der Waals surface area contributed by atoms with Crippen molar-refractivity contribution >= 4 is 16.0 Å². The maximum absolute atomic E-state index is 12.0. The minimum absolute atomic E-state index is 0.0682. The number of hydrogen-bond donors (Lipinski definition) is 2. The monoisotopic (exact) mass is 434 g/mol. The Bertz CT molecular complexity index is 870. The third kappa shape index (κ3) is 8.92. The first-order valence-corrected chi connectivity index (χ1v) is 11.9. The van der Waals surface area contributed by atoms with Crippen molar-refractivity contribution in [2.45, 2.75) is 51.5 Å². The Morgan fingerprint density at radius 1 is 1.07 bits per heavy atom. The topological polar surface area (TPSA) is 106 Å². The molecule has 0 unspecified atom stereocenters. The molecule has 1 heterocycles. The molecule has 30 heavy (non-hydrogen) atoms. The lowest BCUT2D eigenvalue weighted by molar-refractivity contribution is -0.138. The molecule has 1 aromatic heterocycles. The van der Waals surface area contributed by atoms with E-state index in [0.717, 1.165) is 31.2 Å². The van der Waals surface area contributed by atoms with E-state index in [2.05, 4.69) is 9.71 Å². The number of benzene rings is 1. The lowest BCUT2D eigenvalue weighted by Crippen LogP contribution is -2.43. The molecule has 0 radical (unpaired) electrons. The van der Waals surface area contributed by atoms with Crippen LogP contribution in [0.15, 0.2) is 48.8 Å². The molecule has 0 aliphatic heterocycles. The molecule has 0 aliphatic carbocycles. The van der Waals surface area contributed by atoms with Crippen molar-refractivity contribution in [3.63, 3.8) is 0 Å². The number of nitrogens with one attached hydrogen (secondary N) is 1. The Labute approximate surface area is 178 Å². The van der Waals surface area contributed by atoms with Crippen LogP contribution in [-0.4, -0.2) is 42.9 Å². The molecule has 1 aromatic carbocycles. The molecule has 0 saturated heterocycles. The molecule has 1 atom stereocenters. The van der Waals surface area contributed by atoms with Crippen LogP contribution in [0.4, 0.5) is 0 Å².